The lowest BCUT2D eigenvalue weighted by atomic mass is 10.2. The molecule has 2 rings (SSSR count). The Labute approximate surface area is 106 Å². The molecule has 100 valence electrons. The summed E-state index contributed by atoms with van der Waals surface area (Å²) in [5.41, 5.74) is 0. The van der Waals surface area contributed by atoms with Crippen LogP contribution in [0.15, 0.2) is 0 Å². The van der Waals surface area contributed by atoms with Crippen molar-refractivity contribution in [1.29, 1.82) is 0 Å². The molecule has 0 aromatic carbocycles. The van der Waals surface area contributed by atoms with Gasteiger partial charge in [0.15, 0.2) is 0 Å². The second kappa shape index (κ2) is 6.17. The van der Waals surface area contributed by atoms with Gasteiger partial charge in [-0.1, -0.05) is 20.8 Å². The van der Waals surface area contributed by atoms with E-state index in [1.807, 2.05) is 0 Å². The largest absolute Gasteiger partial charge is 0.372 e. The molecule has 2 atom stereocenters. The van der Waals surface area contributed by atoms with Crippen LogP contribution in [-0.2, 0) is 4.74 Å². The zero-order valence-corrected chi connectivity index (χ0v) is 11.6. The maximum Gasteiger partial charge on any atom is 0.0707 e. The molecule has 3 heteroatoms. The maximum absolute atomic E-state index is 6.12. The Morgan fingerprint density at radius 3 is 2.47 bits per heavy atom. The highest BCUT2D eigenvalue weighted by Crippen LogP contribution is 2.29. The van der Waals surface area contributed by atoms with Crippen molar-refractivity contribution in [3.05, 3.63) is 0 Å². The Bertz CT molecular complexity index is 228. The summed E-state index contributed by atoms with van der Waals surface area (Å²) < 4.78 is 6.12. The van der Waals surface area contributed by atoms with Crippen LogP contribution in [0.5, 0.6) is 0 Å². The van der Waals surface area contributed by atoms with Crippen molar-refractivity contribution >= 4 is 0 Å². The van der Waals surface area contributed by atoms with E-state index in [4.69, 9.17) is 4.74 Å². The van der Waals surface area contributed by atoms with Crippen molar-refractivity contribution < 1.29 is 4.74 Å². The first kappa shape index (κ1) is 13.3. The molecule has 0 aromatic rings. The van der Waals surface area contributed by atoms with Crippen LogP contribution in [-0.4, -0.2) is 48.8 Å². The fourth-order valence-electron chi connectivity index (χ4n) is 2.67. The van der Waals surface area contributed by atoms with Crippen molar-refractivity contribution in [3.63, 3.8) is 0 Å². The second-order valence-corrected chi connectivity index (χ2v) is 5.84. The van der Waals surface area contributed by atoms with Crippen molar-refractivity contribution in [2.75, 3.05) is 19.6 Å². The lowest BCUT2D eigenvalue weighted by Crippen LogP contribution is -2.36. The van der Waals surface area contributed by atoms with E-state index >= 15 is 0 Å². The number of likely N-dealkylation sites (N-methyl/N-ethyl adjacent to an activating group) is 1. The zero-order chi connectivity index (χ0) is 12.3. The lowest BCUT2D eigenvalue weighted by molar-refractivity contribution is 0.0220. The predicted octanol–water partition coefficient (Wildman–Crippen LogP) is 2.02. The molecule has 2 unspecified atom stereocenters. The van der Waals surface area contributed by atoms with Crippen LogP contribution in [0.25, 0.3) is 0 Å². The quantitative estimate of drug-likeness (QED) is 0.737. The van der Waals surface area contributed by atoms with E-state index in [1.54, 1.807) is 0 Å². The minimum atomic E-state index is 0.445. The topological polar surface area (TPSA) is 24.5 Å². The van der Waals surface area contributed by atoms with Gasteiger partial charge in [0, 0.05) is 25.2 Å². The molecule has 1 N–H and O–H groups in total. The van der Waals surface area contributed by atoms with E-state index in [1.165, 1.54) is 32.2 Å². The van der Waals surface area contributed by atoms with E-state index in [0.29, 0.717) is 18.2 Å². The van der Waals surface area contributed by atoms with E-state index in [9.17, 15) is 0 Å². The number of nitrogens with zero attached hydrogens (tertiary/aromatic N) is 1. The van der Waals surface area contributed by atoms with Gasteiger partial charge in [0.25, 0.3) is 0 Å². The minimum Gasteiger partial charge on any atom is -0.372 e. The molecule has 0 spiro atoms. The fourth-order valence-corrected chi connectivity index (χ4v) is 2.67. The number of ether oxygens (including phenoxy) is 1. The average Bonchev–Trinajstić information content (AvgIpc) is 3.04. The Kier molecular flexibility index (Phi) is 4.83. The Hall–Kier alpha value is -0.120. The molecular formula is C14H28N2O. The van der Waals surface area contributed by atoms with Gasteiger partial charge in [-0.05, 0) is 32.2 Å². The molecular weight excluding hydrogens is 212 g/mol. The minimum absolute atomic E-state index is 0.445. The molecule has 3 nitrogen and oxygen atoms in total. The van der Waals surface area contributed by atoms with Gasteiger partial charge < -0.3 is 10.1 Å². The molecule has 0 radical (unpaired) electrons. The molecule has 1 saturated carbocycles. The molecule has 0 amide bonds. The smallest absolute Gasteiger partial charge is 0.0707 e. The summed E-state index contributed by atoms with van der Waals surface area (Å²) >= 11 is 0. The van der Waals surface area contributed by atoms with Gasteiger partial charge in [0.2, 0.25) is 0 Å². The first-order chi connectivity index (χ1) is 8.19. The Balaban J connectivity index is 1.66. The first-order valence-corrected chi connectivity index (χ1v) is 7.32. The molecule has 2 aliphatic rings. The highest BCUT2D eigenvalue weighted by atomic mass is 16.5. The molecule has 1 saturated heterocycles. The molecule has 0 bridgehead atoms. The third-order valence-electron chi connectivity index (χ3n) is 3.86. The van der Waals surface area contributed by atoms with Crippen LogP contribution in [0.1, 0.15) is 46.5 Å². The first-order valence-electron chi connectivity index (χ1n) is 7.32. The van der Waals surface area contributed by atoms with Gasteiger partial charge in [-0.25, -0.2) is 0 Å². The summed E-state index contributed by atoms with van der Waals surface area (Å²) in [5, 5.41) is 3.47. The number of nitrogens with one attached hydrogen (secondary N) is 1. The summed E-state index contributed by atoms with van der Waals surface area (Å²) in [6, 6.07) is 1.44. The zero-order valence-electron chi connectivity index (χ0n) is 11.6. The molecule has 1 heterocycles. The second-order valence-electron chi connectivity index (χ2n) is 5.84. The van der Waals surface area contributed by atoms with Gasteiger partial charge in [0.05, 0.1) is 12.2 Å². The summed E-state index contributed by atoms with van der Waals surface area (Å²) in [5.74, 6) is 0. The van der Waals surface area contributed by atoms with E-state index in [0.717, 1.165) is 19.1 Å². The monoisotopic (exact) mass is 240 g/mol. The summed E-state index contributed by atoms with van der Waals surface area (Å²) in [6.07, 6.45) is 6.20. The molecule has 2 fully saturated rings. The van der Waals surface area contributed by atoms with E-state index in [2.05, 4.69) is 31.0 Å². The van der Waals surface area contributed by atoms with Crippen molar-refractivity contribution in [1.82, 2.24) is 10.2 Å². The van der Waals surface area contributed by atoms with Crippen molar-refractivity contribution in [2.45, 2.75) is 70.7 Å². The summed E-state index contributed by atoms with van der Waals surface area (Å²) in [7, 11) is 0. The highest BCUT2D eigenvalue weighted by Gasteiger charge is 2.32. The van der Waals surface area contributed by atoms with Crippen molar-refractivity contribution in [3.8, 4) is 0 Å². The van der Waals surface area contributed by atoms with Crippen LogP contribution in [0, 0.1) is 0 Å². The SMILES string of the molecule is CCN(CC1CCC(CNC(C)C)O1)C1CC1. The van der Waals surface area contributed by atoms with Gasteiger partial charge in [-0.3, -0.25) is 4.90 Å². The van der Waals surface area contributed by atoms with E-state index in [-0.39, 0.29) is 0 Å². The molecule has 1 aliphatic carbocycles. The van der Waals surface area contributed by atoms with Gasteiger partial charge in [-0.2, -0.15) is 0 Å². The number of rotatable bonds is 7. The number of hydrogen-bond donors (Lipinski definition) is 1. The highest BCUT2D eigenvalue weighted by molar-refractivity contribution is 4.87. The van der Waals surface area contributed by atoms with E-state index < -0.39 is 0 Å². The van der Waals surface area contributed by atoms with Crippen LogP contribution < -0.4 is 5.32 Å². The summed E-state index contributed by atoms with van der Waals surface area (Å²) in [6.45, 7) is 10.0. The summed E-state index contributed by atoms with van der Waals surface area (Å²) in [4.78, 5) is 2.60. The fraction of sp³-hybridized carbons (Fsp3) is 1.00. The molecule has 0 aromatic heterocycles. The Morgan fingerprint density at radius 2 is 1.88 bits per heavy atom. The van der Waals surface area contributed by atoms with Crippen LogP contribution in [0.4, 0.5) is 0 Å². The predicted molar refractivity (Wildman–Crippen MR) is 71.3 cm³/mol. The van der Waals surface area contributed by atoms with Gasteiger partial charge in [-0.15, -0.1) is 0 Å². The normalized spacial score (nSPS) is 29.5. The van der Waals surface area contributed by atoms with Gasteiger partial charge in [0.1, 0.15) is 0 Å². The average molecular weight is 240 g/mol. The standard InChI is InChI=1S/C14H28N2O/c1-4-16(12-5-6-12)10-14-8-7-13(17-14)9-15-11(2)3/h11-15H,4-10H2,1-3H3. The van der Waals surface area contributed by atoms with Crippen molar-refractivity contribution in [2.24, 2.45) is 0 Å². The number of hydrogen-bond acceptors (Lipinski definition) is 3. The maximum atomic E-state index is 6.12. The Morgan fingerprint density at radius 1 is 1.18 bits per heavy atom. The molecule has 1 aliphatic heterocycles. The van der Waals surface area contributed by atoms with Crippen LogP contribution in [0.2, 0.25) is 0 Å². The van der Waals surface area contributed by atoms with Crippen LogP contribution in [0.3, 0.4) is 0 Å². The van der Waals surface area contributed by atoms with Gasteiger partial charge >= 0.3 is 0 Å². The third kappa shape index (κ3) is 4.23. The molecule has 17 heavy (non-hydrogen) atoms. The third-order valence-corrected chi connectivity index (χ3v) is 3.86. The lowest BCUT2D eigenvalue weighted by Gasteiger charge is -2.24. The van der Waals surface area contributed by atoms with Crippen LogP contribution >= 0.6 is 0 Å².